The molecule has 1 aliphatic heterocycles. The van der Waals surface area contributed by atoms with Crippen molar-refractivity contribution in [2.24, 2.45) is 0 Å². The van der Waals surface area contributed by atoms with Crippen molar-refractivity contribution >= 4 is 39.8 Å². The highest BCUT2D eigenvalue weighted by Crippen LogP contribution is 2.43. The van der Waals surface area contributed by atoms with Gasteiger partial charge in [-0.15, -0.1) is 0 Å². The number of carbonyl (C=O) groups is 2. The molecule has 1 saturated heterocycles. The van der Waals surface area contributed by atoms with Gasteiger partial charge in [-0.05, 0) is 41.0 Å². The van der Waals surface area contributed by atoms with Crippen molar-refractivity contribution in [3.8, 4) is 5.75 Å². The fourth-order valence-corrected chi connectivity index (χ4v) is 4.33. The second-order valence-electron chi connectivity index (χ2n) is 7.41. The molecule has 31 heavy (non-hydrogen) atoms. The van der Waals surface area contributed by atoms with E-state index in [2.05, 4.69) is 0 Å². The van der Waals surface area contributed by atoms with Gasteiger partial charge >= 0.3 is 0 Å². The molecule has 6 heteroatoms. The second-order valence-corrected chi connectivity index (χ2v) is 7.81. The first kappa shape index (κ1) is 20.9. The lowest BCUT2D eigenvalue weighted by molar-refractivity contribution is -0.139. The lowest BCUT2D eigenvalue weighted by Crippen LogP contribution is -2.30. The predicted octanol–water partition coefficient (Wildman–Crippen LogP) is 5.33. The number of rotatable bonds is 5. The van der Waals surface area contributed by atoms with Crippen LogP contribution in [0, 0.1) is 0 Å². The molecule has 1 amide bonds. The fraction of sp³-hybridized carbons (Fsp3) is 0.200. The van der Waals surface area contributed by atoms with Crippen LogP contribution in [0.4, 0.5) is 0 Å². The minimum absolute atomic E-state index is 0.0324. The first-order valence-electron chi connectivity index (χ1n) is 10.1. The maximum Gasteiger partial charge on any atom is 0.295 e. The Morgan fingerprint density at radius 2 is 1.84 bits per heavy atom. The number of halogens is 1. The number of nitrogens with zero attached hydrogens (tertiary/aromatic N) is 1. The summed E-state index contributed by atoms with van der Waals surface area (Å²) in [6.45, 7) is 2.33. The highest BCUT2D eigenvalue weighted by molar-refractivity contribution is 6.47. The molecule has 4 rings (SSSR count). The van der Waals surface area contributed by atoms with Crippen LogP contribution in [0.3, 0.4) is 0 Å². The van der Waals surface area contributed by atoms with E-state index in [-0.39, 0.29) is 21.9 Å². The number of amides is 1. The molecule has 3 aromatic rings. The van der Waals surface area contributed by atoms with E-state index < -0.39 is 17.7 Å². The Hall–Kier alpha value is -3.31. The Kier molecular flexibility index (Phi) is 5.70. The van der Waals surface area contributed by atoms with Crippen LogP contribution in [0.2, 0.25) is 5.02 Å². The highest BCUT2D eigenvalue weighted by Gasteiger charge is 2.46. The molecule has 0 spiro atoms. The Labute approximate surface area is 185 Å². The van der Waals surface area contributed by atoms with E-state index in [0.29, 0.717) is 18.7 Å². The average molecular weight is 436 g/mol. The number of ether oxygens (including phenoxy) is 1. The second kappa shape index (κ2) is 8.44. The maximum absolute atomic E-state index is 13.1. The Balaban J connectivity index is 2.00. The number of likely N-dealkylation sites (tertiary alicyclic amines) is 1. The van der Waals surface area contributed by atoms with Gasteiger partial charge in [0.05, 0.1) is 23.7 Å². The van der Waals surface area contributed by atoms with E-state index >= 15 is 0 Å². The van der Waals surface area contributed by atoms with Crippen molar-refractivity contribution < 1.29 is 19.4 Å². The SMILES string of the molecule is CCCN1C(=O)C(=O)/C(=C(/O)c2cc(OC)ccc2Cl)C1c1cccc2ccccc12. The standard InChI is InChI=1S/C25H22ClNO4/c1-3-13-27-22(18-10-6-8-15-7-4-5-9-17(15)18)21(24(29)25(27)30)23(28)19-14-16(31-2)11-12-20(19)26/h4-12,14,22,28H,3,13H2,1-2H3/b23-21+. The van der Waals surface area contributed by atoms with Crippen LogP contribution in [-0.4, -0.2) is 35.4 Å². The summed E-state index contributed by atoms with van der Waals surface area (Å²) in [6, 6.07) is 17.6. The van der Waals surface area contributed by atoms with E-state index in [1.807, 2.05) is 49.4 Å². The first-order valence-corrected chi connectivity index (χ1v) is 10.5. The van der Waals surface area contributed by atoms with Crippen molar-refractivity contribution in [3.05, 3.63) is 82.4 Å². The zero-order chi connectivity index (χ0) is 22.1. The van der Waals surface area contributed by atoms with Crippen LogP contribution in [0.15, 0.2) is 66.2 Å². The first-order chi connectivity index (χ1) is 15.0. The molecule has 1 N–H and O–H groups in total. The van der Waals surface area contributed by atoms with Crippen molar-refractivity contribution in [1.82, 2.24) is 4.90 Å². The molecule has 0 radical (unpaired) electrons. The summed E-state index contributed by atoms with van der Waals surface area (Å²) >= 11 is 6.34. The minimum atomic E-state index is -0.720. The summed E-state index contributed by atoms with van der Waals surface area (Å²) in [5.74, 6) is -1.17. The van der Waals surface area contributed by atoms with Gasteiger partial charge in [0, 0.05) is 12.1 Å². The molecule has 0 aromatic heterocycles. The van der Waals surface area contributed by atoms with E-state index in [4.69, 9.17) is 16.3 Å². The molecule has 1 heterocycles. The summed E-state index contributed by atoms with van der Waals surface area (Å²) in [6.07, 6.45) is 0.675. The zero-order valence-electron chi connectivity index (χ0n) is 17.3. The van der Waals surface area contributed by atoms with Crippen molar-refractivity contribution in [2.75, 3.05) is 13.7 Å². The van der Waals surface area contributed by atoms with E-state index in [0.717, 1.165) is 16.3 Å². The lowest BCUT2D eigenvalue weighted by atomic mass is 9.91. The van der Waals surface area contributed by atoms with Gasteiger partial charge in [0.25, 0.3) is 11.7 Å². The van der Waals surface area contributed by atoms with Gasteiger partial charge in [-0.25, -0.2) is 0 Å². The maximum atomic E-state index is 13.1. The van der Waals surface area contributed by atoms with E-state index in [9.17, 15) is 14.7 Å². The van der Waals surface area contributed by atoms with E-state index in [1.54, 1.807) is 18.2 Å². The van der Waals surface area contributed by atoms with Crippen LogP contribution >= 0.6 is 11.6 Å². The molecule has 5 nitrogen and oxygen atoms in total. The van der Waals surface area contributed by atoms with Crippen molar-refractivity contribution in [2.45, 2.75) is 19.4 Å². The highest BCUT2D eigenvalue weighted by atomic mass is 35.5. The molecule has 0 bridgehead atoms. The van der Waals surface area contributed by atoms with Gasteiger partial charge in [-0.1, -0.05) is 61.0 Å². The summed E-state index contributed by atoms with van der Waals surface area (Å²) in [4.78, 5) is 27.6. The number of Topliss-reactive ketones (excluding diaryl/α,β-unsaturated/α-hetero) is 1. The third kappa shape index (κ3) is 3.55. The Morgan fingerprint density at radius 3 is 2.58 bits per heavy atom. The molecule has 0 saturated carbocycles. The van der Waals surface area contributed by atoms with Gasteiger partial charge in [0.15, 0.2) is 0 Å². The summed E-state index contributed by atoms with van der Waals surface area (Å²) < 4.78 is 5.24. The summed E-state index contributed by atoms with van der Waals surface area (Å²) in [7, 11) is 1.50. The normalized spacial score (nSPS) is 18.0. The molecule has 1 unspecified atom stereocenters. The van der Waals surface area contributed by atoms with Crippen molar-refractivity contribution in [1.29, 1.82) is 0 Å². The topological polar surface area (TPSA) is 66.8 Å². The molecule has 158 valence electrons. The number of methoxy groups -OCH3 is 1. The average Bonchev–Trinajstić information content (AvgIpc) is 3.03. The number of fused-ring (bicyclic) bond motifs is 1. The van der Waals surface area contributed by atoms with Crippen LogP contribution in [-0.2, 0) is 9.59 Å². The Morgan fingerprint density at radius 1 is 1.10 bits per heavy atom. The van der Waals surface area contributed by atoms with E-state index in [1.165, 1.54) is 12.0 Å². The molecule has 0 aliphatic carbocycles. The monoisotopic (exact) mass is 435 g/mol. The summed E-state index contributed by atoms with van der Waals surface area (Å²) in [5.41, 5.74) is 1.07. The largest absolute Gasteiger partial charge is 0.507 e. The number of benzene rings is 3. The molecule has 1 atom stereocenters. The number of hydrogen-bond donors (Lipinski definition) is 1. The number of aliphatic hydroxyl groups is 1. The number of carbonyl (C=O) groups excluding carboxylic acids is 2. The van der Waals surface area contributed by atoms with Crippen LogP contribution in [0.1, 0.15) is 30.5 Å². The molecular weight excluding hydrogens is 414 g/mol. The predicted molar refractivity (Wildman–Crippen MR) is 121 cm³/mol. The van der Waals surface area contributed by atoms with Gasteiger partial charge in [-0.3, -0.25) is 9.59 Å². The third-order valence-corrected chi connectivity index (χ3v) is 5.88. The Bertz CT molecular complexity index is 1210. The third-order valence-electron chi connectivity index (χ3n) is 5.55. The molecular formula is C25H22ClNO4. The lowest BCUT2D eigenvalue weighted by Gasteiger charge is -2.26. The fourth-order valence-electron chi connectivity index (χ4n) is 4.12. The molecule has 1 fully saturated rings. The number of ketones is 1. The zero-order valence-corrected chi connectivity index (χ0v) is 18.0. The van der Waals surface area contributed by atoms with Gasteiger partial charge in [0.2, 0.25) is 0 Å². The van der Waals surface area contributed by atoms with Crippen LogP contribution in [0.25, 0.3) is 16.5 Å². The minimum Gasteiger partial charge on any atom is -0.507 e. The molecule has 1 aliphatic rings. The smallest absolute Gasteiger partial charge is 0.295 e. The van der Waals surface area contributed by atoms with Crippen molar-refractivity contribution in [3.63, 3.8) is 0 Å². The molecule has 3 aromatic carbocycles. The summed E-state index contributed by atoms with van der Waals surface area (Å²) in [5, 5.41) is 13.4. The van der Waals surface area contributed by atoms with Crippen LogP contribution < -0.4 is 4.74 Å². The van der Waals surface area contributed by atoms with Gasteiger partial charge < -0.3 is 14.7 Å². The van der Waals surface area contributed by atoms with Crippen LogP contribution in [0.5, 0.6) is 5.75 Å². The number of hydrogen-bond acceptors (Lipinski definition) is 4. The number of aliphatic hydroxyl groups excluding tert-OH is 1. The quantitative estimate of drug-likeness (QED) is 0.334. The van der Waals surface area contributed by atoms with Gasteiger partial charge in [-0.2, -0.15) is 0 Å². The van der Waals surface area contributed by atoms with Gasteiger partial charge in [0.1, 0.15) is 11.5 Å².